The minimum Gasteiger partial charge on any atom is -0.360 e. The molecule has 18 heavy (non-hydrogen) atoms. The van der Waals surface area contributed by atoms with Crippen LogP contribution < -0.4 is 5.32 Å². The van der Waals surface area contributed by atoms with Gasteiger partial charge in [0.15, 0.2) is 0 Å². The number of fused-ring (bicyclic) bond motifs is 3. The zero-order valence-corrected chi connectivity index (χ0v) is 9.80. The molecule has 0 amide bonds. The molecule has 86 valence electrons. The largest absolute Gasteiger partial charge is 0.360 e. The number of rotatable bonds is 0. The molecule has 0 aromatic heterocycles. The number of anilines is 1. The van der Waals surface area contributed by atoms with E-state index in [1.54, 1.807) is 0 Å². The molecule has 4 rings (SSSR count). The molecule has 2 aliphatic heterocycles. The first kappa shape index (κ1) is 9.66. The molecule has 1 unspecified atom stereocenters. The summed E-state index contributed by atoms with van der Waals surface area (Å²) in [6.45, 7) is 0. The summed E-state index contributed by atoms with van der Waals surface area (Å²) in [6.07, 6.45) is 8.24. The van der Waals surface area contributed by atoms with Crippen molar-refractivity contribution in [2.24, 2.45) is 4.99 Å². The van der Waals surface area contributed by atoms with E-state index in [2.05, 4.69) is 58.9 Å². The lowest BCUT2D eigenvalue weighted by Crippen LogP contribution is -2.24. The second-order valence-corrected chi connectivity index (χ2v) is 4.64. The van der Waals surface area contributed by atoms with Crippen LogP contribution in [0.25, 0.3) is 16.8 Å². The van der Waals surface area contributed by atoms with Crippen LogP contribution in [0.3, 0.4) is 0 Å². The van der Waals surface area contributed by atoms with E-state index in [1.807, 2.05) is 12.3 Å². The van der Waals surface area contributed by atoms with Gasteiger partial charge in [0.25, 0.3) is 0 Å². The Balaban J connectivity index is 1.95. The summed E-state index contributed by atoms with van der Waals surface area (Å²) >= 11 is 0. The van der Waals surface area contributed by atoms with Crippen LogP contribution in [0.5, 0.6) is 0 Å². The molecule has 0 fully saturated rings. The van der Waals surface area contributed by atoms with Crippen LogP contribution in [-0.2, 0) is 0 Å². The van der Waals surface area contributed by atoms with Gasteiger partial charge in [-0.3, -0.25) is 4.99 Å². The monoisotopic (exact) mass is 232 g/mol. The van der Waals surface area contributed by atoms with Gasteiger partial charge in [-0.25, -0.2) is 0 Å². The Hall–Kier alpha value is -2.35. The molecule has 2 heteroatoms. The minimum atomic E-state index is 0.0728. The molecule has 0 saturated carbocycles. The molecule has 2 aromatic rings. The summed E-state index contributed by atoms with van der Waals surface area (Å²) in [5, 5.41) is 6.01. The third-order valence-electron chi connectivity index (χ3n) is 3.46. The standard InChI is InChI=1S/C16H12N2/c1-2-5-12-10-15-14(8-11(12)4-1)9-13-6-3-7-17-16(13)18-15/h1-10,16,18H. The molecule has 2 aromatic carbocycles. The molecule has 2 heterocycles. The van der Waals surface area contributed by atoms with Crippen molar-refractivity contribution in [1.82, 2.24) is 0 Å². The van der Waals surface area contributed by atoms with E-state index in [0.29, 0.717) is 0 Å². The van der Waals surface area contributed by atoms with Crippen LogP contribution in [0.15, 0.2) is 59.1 Å². The fraction of sp³-hybridized carbons (Fsp3) is 0.0625. The predicted molar refractivity (Wildman–Crippen MR) is 77.0 cm³/mol. The first-order valence-electron chi connectivity index (χ1n) is 6.11. The van der Waals surface area contributed by atoms with E-state index in [9.17, 15) is 0 Å². The van der Waals surface area contributed by atoms with Crippen molar-refractivity contribution in [3.8, 4) is 0 Å². The van der Waals surface area contributed by atoms with E-state index in [4.69, 9.17) is 0 Å². The fourth-order valence-electron chi connectivity index (χ4n) is 2.54. The summed E-state index contributed by atoms with van der Waals surface area (Å²) < 4.78 is 0. The quantitative estimate of drug-likeness (QED) is 0.737. The van der Waals surface area contributed by atoms with Crippen LogP contribution in [0.1, 0.15) is 5.56 Å². The van der Waals surface area contributed by atoms with Gasteiger partial charge in [-0.15, -0.1) is 0 Å². The van der Waals surface area contributed by atoms with Gasteiger partial charge in [0.2, 0.25) is 0 Å². The normalized spacial score (nSPS) is 20.0. The lowest BCUT2D eigenvalue weighted by molar-refractivity contribution is 0.900. The van der Waals surface area contributed by atoms with E-state index in [1.165, 1.54) is 21.9 Å². The number of hydrogen-bond donors (Lipinski definition) is 1. The number of nitrogens with one attached hydrogen (secondary N) is 1. The highest BCUT2D eigenvalue weighted by molar-refractivity contribution is 5.92. The zero-order chi connectivity index (χ0) is 11.9. The van der Waals surface area contributed by atoms with Crippen molar-refractivity contribution in [3.05, 3.63) is 59.7 Å². The molecular weight excluding hydrogens is 220 g/mol. The minimum absolute atomic E-state index is 0.0728. The van der Waals surface area contributed by atoms with Crippen molar-refractivity contribution >= 4 is 28.8 Å². The van der Waals surface area contributed by atoms with E-state index >= 15 is 0 Å². The van der Waals surface area contributed by atoms with Gasteiger partial charge in [0, 0.05) is 11.9 Å². The van der Waals surface area contributed by atoms with Gasteiger partial charge in [0.1, 0.15) is 6.17 Å². The summed E-state index contributed by atoms with van der Waals surface area (Å²) in [7, 11) is 0. The highest BCUT2D eigenvalue weighted by atomic mass is 15.1. The maximum absolute atomic E-state index is 4.44. The van der Waals surface area contributed by atoms with E-state index < -0.39 is 0 Å². The van der Waals surface area contributed by atoms with Gasteiger partial charge >= 0.3 is 0 Å². The van der Waals surface area contributed by atoms with Gasteiger partial charge in [0.05, 0.1) is 0 Å². The maximum atomic E-state index is 4.44. The van der Waals surface area contributed by atoms with Crippen LogP contribution in [0.4, 0.5) is 5.69 Å². The Morgan fingerprint density at radius 3 is 2.78 bits per heavy atom. The zero-order valence-electron chi connectivity index (χ0n) is 9.80. The molecule has 2 nitrogen and oxygen atoms in total. The number of aliphatic imine (C=N–C) groups is 1. The van der Waals surface area contributed by atoms with Gasteiger partial charge in [-0.05, 0) is 46.2 Å². The molecule has 2 aliphatic rings. The summed E-state index contributed by atoms with van der Waals surface area (Å²) in [5.41, 5.74) is 3.62. The van der Waals surface area contributed by atoms with Crippen LogP contribution in [-0.4, -0.2) is 12.4 Å². The van der Waals surface area contributed by atoms with Crippen molar-refractivity contribution in [2.75, 3.05) is 5.32 Å². The van der Waals surface area contributed by atoms with Crippen molar-refractivity contribution in [3.63, 3.8) is 0 Å². The third-order valence-corrected chi connectivity index (χ3v) is 3.46. The van der Waals surface area contributed by atoms with Crippen LogP contribution in [0, 0.1) is 0 Å². The first-order valence-corrected chi connectivity index (χ1v) is 6.11. The molecular formula is C16H12N2. The molecule has 0 bridgehead atoms. The lowest BCUT2D eigenvalue weighted by atomic mass is 9.97. The van der Waals surface area contributed by atoms with Crippen LogP contribution >= 0.6 is 0 Å². The predicted octanol–water partition coefficient (Wildman–Crippen LogP) is 3.62. The molecule has 0 aliphatic carbocycles. The molecule has 0 radical (unpaired) electrons. The Kier molecular flexibility index (Phi) is 1.92. The fourth-order valence-corrected chi connectivity index (χ4v) is 2.54. The Morgan fingerprint density at radius 1 is 1.06 bits per heavy atom. The van der Waals surface area contributed by atoms with Gasteiger partial charge in [-0.1, -0.05) is 30.3 Å². The number of allylic oxidation sites excluding steroid dienone is 1. The number of nitrogens with zero attached hydrogens (tertiary/aromatic N) is 1. The average Bonchev–Trinajstić information content (AvgIpc) is 2.42. The highest BCUT2D eigenvalue weighted by Crippen LogP contribution is 2.32. The summed E-state index contributed by atoms with van der Waals surface area (Å²) in [6, 6.07) is 12.9. The van der Waals surface area contributed by atoms with Crippen molar-refractivity contribution in [2.45, 2.75) is 6.17 Å². The second kappa shape index (κ2) is 3.57. The number of benzene rings is 2. The van der Waals surface area contributed by atoms with E-state index in [-0.39, 0.29) is 6.17 Å². The highest BCUT2D eigenvalue weighted by Gasteiger charge is 2.19. The average molecular weight is 232 g/mol. The third kappa shape index (κ3) is 1.39. The Morgan fingerprint density at radius 2 is 1.89 bits per heavy atom. The van der Waals surface area contributed by atoms with Crippen molar-refractivity contribution in [1.29, 1.82) is 0 Å². The first-order chi connectivity index (χ1) is 8.90. The lowest BCUT2D eigenvalue weighted by Gasteiger charge is -2.25. The Labute approximate surface area is 105 Å². The topological polar surface area (TPSA) is 24.4 Å². The molecule has 0 saturated heterocycles. The Bertz CT molecular complexity index is 723. The van der Waals surface area contributed by atoms with Crippen molar-refractivity contribution < 1.29 is 0 Å². The molecule has 0 spiro atoms. The summed E-state index contributed by atoms with van der Waals surface area (Å²) in [4.78, 5) is 4.44. The second-order valence-electron chi connectivity index (χ2n) is 4.64. The number of hydrogen-bond acceptors (Lipinski definition) is 2. The summed E-state index contributed by atoms with van der Waals surface area (Å²) in [5.74, 6) is 0. The SMILES string of the molecule is C1=CC2=Cc3cc4ccccc4cc3NC2N=C1. The molecule has 1 N–H and O–H groups in total. The number of dihydropyridines is 1. The van der Waals surface area contributed by atoms with Crippen LogP contribution in [0.2, 0.25) is 0 Å². The van der Waals surface area contributed by atoms with Gasteiger partial charge in [-0.2, -0.15) is 0 Å². The molecule has 1 atom stereocenters. The van der Waals surface area contributed by atoms with E-state index in [0.717, 1.165) is 5.69 Å². The maximum Gasteiger partial charge on any atom is 0.144 e. The smallest absolute Gasteiger partial charge is 0.144 e. The van der Waals surface area contributed by atoms with Gasteiger partial charge < -0.3 is 5.32 Å².